The fraction of sp³-hybridized carbons (Fsp3) is 0.440. The largest absolute Gasteiger partial charge is 0.435 e. The molecule has 4 heterocycles. The summed E-state index contributed by atoms with van der Waals surface area (Å²) in [6.07, 6.45) is -2.03. The molecule has 0 N–H and O–H groups in total. The molecular weight excluding hydrogens is 489 g/mol. The van der Waals surface area contributed by atoms with Crippen molar-refractivity contribution in [3.8, 4) is 0 Å². The van der Waals surface area contributed by atoms with Gasteiger partial charge in [0.1, 0.15) is 6.54 Å². The van der Waals surface area contributed by atoms with Crippen LogP contribution in [0.4, 0.5) is 13.2 Å². The van der Waals surface area contributed by atoms with Crippen molar-refractivity contribution in [1.82, 2.24) is 24.7 Å². The molecule has 0 aliphatic carbocycles. The highest BCUT2D eigenvalue weighted by molar-refractivity contribution is 7.09. The van der Waals surface area contributed by atoms with E-state index in [0.29, 0.717) is 25.3 Å². The summed E-state index contributed by atoms with van der Waals surface area (Å²) in [5.74, 6) is 0.0624. The van der Waals surface area contributed by atoms with Crippen LogP contribution in [0.3, 0.4) is 0 Å². The van der Waals surface area contributed by atoms with E-state index in [9.17, 15) is 18.0 Å². The summed E-state index contributed by atoms with van der Waals surface area (Å²) in [4.78, 5) is 19.3. The standard InChI is InChI=1S/C25H27F3N6OS/c1-17-13-22(25(26,27)28)31-34(17)15-23(35)32-10-7-19(8-11-32)24-29-20(16-36-24)14-33-12-9-21(30-33)18-5-3-2-4-6-18/h2-6,13,16,19H,7-12,14-15H2,1H3. The summed E-state index contributed by atoms with van der Waals surface area (Å²) in [6, 6.07) is 11.2. The minimum Gasteiger partial charge on any atom is -0.341 e. The lowest BCUT2D eigenvalue weighted by Crippen LogP contribution is -2.40. The van der Waals surface area contributed by atoms with E-state index in [1.54, 1.807) is 16.2 Å². The van der Waals surface area contributed by atoms with E-state index in [4.69, 9.17) is 10.1 Å². The number of benzene rings is 1. The molecular formula is C25H27F3N6OS. The molecule has 3 aromatic rings. The van der Waals surface area contributed by atoms with Crippen LogP contribution in [0.25, 0.3) is 0 Å². The second-order valence-electron chi connectivity index (χ2n) is 9.21. The summed E-state index contributed by atoms with van der Waals surface area (Å²) in [5, 5.41) is 13.5. The number of carbonyl (C=O) groups excluding carboxylic acids is 1. The van der Waals surface area contributed by atoms with Crippen LogP contribution in [-0.2, 0) is 24.1 Å². The maximum atomic E-state index is 12.9. The van der Waals surface area contributed by atoms with Crippen molar-refractivity contribution in [2.24, 2.45) is 5.10 Å². The number of aromatic nitrogens is 3. The van der Waals surface area contributed by atoms with Crippen LogP contribution >= 0.6 is 11.3 Å². The molecule has 36 heavy (non-hydrogen) atoms. The zero-order valence-corrected chi connectivity index (χ0v) is 20.7. The summed E-state index contributed by atoms with van der Waals surface area (Å²) in [5.41, 5.74) is 2.61. The van der Waals surface area contributed by atoms with Crippen molar-refractivity contribution >= 4 is 23.0 Å². The molecule has 0 unspecified atom stereocenters. The maximum Gasteiger partial charge on any atom is 0.435 e. The van der Waals surface area contributed by atoms with Gasteiger partial charge < -0.3 is 4.90 Å². The third-order valence-electron chi connectivity index (χ3n) is 6.64. The second-order valence-corrected chi connectivity index (χ2v) is 10.1. The van der Waals surface area contributed by atoms with Crippen molar-refractivity contribution in [2.45, 2.75) is 51.4 Å². The number of likely N-dealkylation sites (tertiary alicyclic amines) is 1. The smallest absolute Gasteiger partial charge is 0.341 e. The van der Waals surface area contributed by atoms with Crippen LogP contribution in [0.2, 0.25) is 0 Å². The van der Waals surface area contributed by atoms with Gasteiger partial charge in [-0.2, -0.15) is 23.4 Å². The molecule has 0 atom stereocenters. The molecule has 0 radical (unpaired) electrons. The molecule has 0 bridgehead atoms. The fourth-order valence-electron chi connectivity index (χ4n) is 4.64. The average Bonchev–Trinajstić information content (AvgIpc) is 3.61. The van der Waals surface area contributed by atoms with Gasteiger partial charge in [-0.25, -0.2) is 4.98 Å². The van der Waals surface area contributed by atoms with Crippen LogP contribution < -0.4 is 0 Å². The number of alkyl halides is 3. The first kappa shape index (κ1) is 24.5. The highest BCUT2D eigenvalue weighted by atomic mass is 32.1. The zero-order chi connectivity index (χ0) is 25.3. The first-order valence-electron chi connectivity index (χ1n) is 12.0. The van der Waals surface area contributed by atoms with Crippen molar-refractivity contribution in [3.05, 3.63) is 69.4 Å². The van der Waals surface area contributed by atoms with E-state index in [1.807, 2.05) is 18.2 Å². The lowest BCUT2D eigenvalue weighted by atomic mass is 9.97. The quantitative estimate of drug-likeness (QED) is 0.477. The van der Waals surface area contributed by atoms with Crippen LogP contribution in [0.15, 0.2) is 46.9 Å². The van der Waals surface area contributed by atoms with Crippen molar-refractivity contribution in [3.63, 3.8) is 0 Å². The topological polar surface area (TPSA) is 66.6 Å². The number of aryl methyl sites for hydroxylation is 1. The zero-order valence-electron chi connectivity index (χ0n) is 19.9. The Morgan fingerprint density at radius 3 is 2.58 bits per heavy atom. The van der Waals surface area contributed by atoms with Crippen LogP contribution in [0.1, 0.15) is 52.8 Å². The fourth-order valence-corrected chi connectivity index (χ4v) is 5.62. The highest BCUT2D eigenvalue weighted by Crippen LogP contribution is 2.31. The number of nitrogens with zero attached hydrogens (tertiary/aromatic N) is 6. The first-order valence-corrected chi connectivity index (χ1v) is 12.9. The average molecular weight is 517 g/mol. The van der Waals surface area contributed by atoms with Gasteiger partial charge in [-0.05, 0) is 31.4 Å². The number of thiazole rings is 1. The van der Waals surface area contributed by atoms with Gasteiger partial charge in [0, 0.05) is 43.0 Å². The number of amides is 1. The Balaban J connectivity index is 1.13. The normalized spacial score (nSPS) is 17.1. The highest BCUT2D eigenvalue weighted by Gasteiger charge is 2.35. The van der Waals surface area contributed by atoms with Gasteiger partial charge in [-0.15, -0.1) is 11.3 Å². The molecule has 1 amide bonds. The minimum atomic E-state index is -4.52. The van der Waals surface area contributed by atoms with E-state index >= 15 is 0 Å². The molecule has 1 aromatic carbocycles. The summed E-state index contributed by atoms with van der Waals surface area (Å²) in [6.45, 7) is 4.00. The number of hydrogen-bond acceptors (Lipinski definition) is 6. The lowest BCUT2D eigenvalue weighted by molar-refractivity contribution is -0.142. The third kappa shape index (κ3) is 5.45. The lowest BCUT2D eigenvalue weighted by Gasteiger charge is -2.31. The number of hydrazone groups is 1. The van der Waals surface area contributed by atoms with Crippen molar-refractivity contribution in [2.75, 3.05) is 19.6 Å². The van der Waals surface area contributed by atoms with Crippen LogP contribution in [0.5, 0.6) is 0 Å². The monoisotopic (exact) mass is 516 g/mol. The maximum absolute atomic E-state index is 12.9. The molecule has 7 nitrogen and oxygen atoms in total. The molecule has 11 heteroatoms. The van der Waals surface area contributed by atoms with E-state index in [0.717, 1.165) is 58.5 Å². The number of hydrogen-bond donors (Lipinski definition) is 0. The van der Waals surface area contributed by atoms with E-state index in [1.165, 1.54) is 6.92 Å². The summed E-state index contributed by atoms with van der Waals surface area (Å²) in [7, 11) is 0. The van der Waals surface area contributed by atoms with Crippen molar-refractivity contribution < 1.29 is 18.0 Å². The Bertz CT molecular complexity index is 1240. The Labute approximate surface area is 211 Å². The molecule has 5 rings (SSSR count). The van der Waals surface area contributed by atoms with Gasteiger partial charge in [-0.3, -0.25) is 14.5 Å². The van der Waals surface area contributed by atoms with Gasteiger partial charge in [0.25, 0.3) is 0 Å². The van der Waals surface area contributed by atoms with Crippen LogP contribution in [-0.4, -0.2) is 55.9 Å². The molecule has 0 saturated carbocycles. The predicted molar refractivity (Wildman–Crippen MR) is 131 cm³/mol. The number of piperidine rings is 1. The number of rotatable bonds is 6. The molecule has 2 aliphatic heterocycles. The number of carbonyl (C=O) groups is 1. The predicted octanol–water partition coefficient (Wildman–Crippen LogP) is 4.68. The third-order valence-corrected chi connectivity index (χ3v) is 7.70. The Kier molecular flexibility index (Phi) is 6.83. The van der Waals surface area contributed by atoms with Gasteiger partial charge in [0.2, 0.25) is 5.91 Å². The second kappa shape index (κ2) is 10.0. The van der Waals surface area contributed by atoms with Gasteiger partial charge >= 0.3 is 6.18 Å². The molecule has 1 saturated heterocycles. The number of halogens is 3. The minimum absolute atomic E-state index is 0.185. The van der Waals surface area contributed by atoms with Gasteiger partial charge in [0.15, 0.2) is 5.69 Å². The summed E-state index contributed by atoms with van der Waals surface area (Å²) < 4.78 is 39.8. The van der Waals surface area contributed by atoms with Gasteiger partial charge in [-0.1, -0.05) is 30.3 Å². The van der Waals surface area contributed by atoms with Crippen molar-refractivity contribution in [1.29, 1.82) is 0 Å². The molecule has 190 valence electrons. The Morgan fingerprint density at radius 2 is 1.89 bits per heavy atom. The van der Waals surface area contributed by atoms with Gasteiger partial charge in [0.05, 0.1) is 23.0 Å². The Hall–Kier alpha value is -3.21. The van der Waals surface area contributed by atoms with E-state index in [2.05, 4.69) is 27.6 Å². The van der Waals surface area contributed by atoms with Crippen LogP contribution in [0, 0.1) is 6.92 Å². The molecule has 2 aliphatic rings. The summed E-state index contributed by atoms with van der Waals surface area (Å²) >= 11 is 1.65. The molecule has 2 aromatic heterocycles. The first-order chi connectivity index (χ1) is 17.3. The molecule has 0 spiro atoms. The SMILES string of the molecule is Cc1cc(C(F)(F)F)nn1CC(=O)N1CCC(c2nc(CN3CCC(c4ccccc4)=N3)cs2)CC1. The molecule has 1 fully saturated rings. The van der Waals surface area contributed by atoms with E-state index < -0.39 is 11.9 Å². The van der Waals surface area contributed by atoms with E-state index in [-0.39, 0.29) is 18.4 Å². The Morgan fingerprint density at radius 1 is 1.14 bits per heavy atom.